The standard InChI is InChI=1S/C28H41N3O4S/c1-9-21(3)29-27(33)22(4)30(18-23-13-11-10-12-20(23)2)26(32)19-31(36(8,34)35)25-16-14-24(15-17-25)28(5,6)7/h10-17,21-22H,9,18-19H2,1-8H3,(H,29,33). The molecule has 7 nitrogen and oxygen atoms in total. The van der Waals surface area contributed by atoms with Crippen molar-refractivity contribution in [1.82, 2.24) is 10.2 Å². The van der Waals surface area contributed by atoms with Crippen LogP contribution in [0.4, 0.5) is 5.69 Å². The predicted molar refractivity (Wildman–Crippen MR) is 146 cm³/mol. The molecule has 0 aliphatic carbocycles. The molecule has 0 bridgehead atoms. The molecule has 0 spiro atoms. The maximum absolute atomic E-state index is 13.7. The fourth-order valence-electron chi connectivity index (χ4n) is 3.76. The zero-order valence-electron chi connectivity index (χ0n) is 22.8. The Labute approximate surface area is 216 Å². The van der Waals surface area contributed by atoms with Crippen molar-refractivity contribution >= 4 is 27.5 Å². The van der Waals surface area contributed by atoms with E-state index in [1.165, 1.54) is 4.90 Å². The molecule has 0 aromatic heterocycles. The van der Waals surface area contributed by atoms with E-state index in [2.05, 4.69) is 26.1 Å². The molecule has 198 valence electrons. The van der Waals surface area contributed by atoms with E-state index >= 15 is 0 Å². The molecular weight excluding hydrogens is 474 g/mol. The SMILES string of the molecule is CCC(C)NC(=O)C(C)N(Cc1ccccc1C)C(=O)CN(c1ccc(C(C)(C)C)cc1)S(C)(=O)=O. The summed E-state index contributed by atoms with van der Waals surface area (Å²) in [5, 5.41) is 2.94. The number of benzene rings is 2. The molecule has 0 aliphatic heterocycles. The summed E-state index contributed by atoms with van der Waals surface area (Å²) in [5.74, 6) is -0.720. The van der Waals surface area contributed by atoms with Crippen LogP contribution < -0.4 is 9.62 Å². The zero-order chi connectivity index (χ0) is 27.3. The number of hydrogen-bond donors (Lipinski definition) is 1. The first kappa shape index (κ1) is 29.4. The van der Waals surface area contributed by atoms with Crippen molar-refractivity contribution in [3.05, 3.63) is 65.2 Å². The van der Waals surface area contributed by atoms with Crippen molar-refractivity contribution in [3.8, 4) is 0 Å². The highest BCUT2D eigenvalue weighted by Crippen LogP contribution is 2.26. The highest BCUT2D eigenvalue weighted by atomic mass is 32.2. The van der Waals surface area contributed by atoms with Gasteiger partial charge in [0.2, 0.25) is 21.8 Å². The molecule has 0 radical (unpaired) electrons. The topological polar surface area (TPSA) is 86.8 Å². The van der Waals surface area contributed by atoms with Crippen LogP contribution in [0.15, 0.2) is 48.5 Å². The van der Waals surface area contributed by atoms with Crippen LogP contribution in [0, 0.1) is 6.92 Å². The van der Waals surface area contributed by atoms with Crippen LogP contribution in [-0.4, -0.2) is 50.0 Å². The van der Waals surface area contributed by atoms with Crippen LogP contribution in [0.5, 0.6) is 0 Å². The number of anilines is 1. The first-order chi connectivity index (χ1) is 16.6. The van der Waals surface area contributed by atoms with Crippen LogP contribution in [-0.2, 0) is 31.6 Å². The average Bonchev–Trinajstić information content (AvgIpc) is 2.80. The molecule has 2 rings (SSSR count). The summed E-state index contributed by atoms with van der Waals surface area (Å²) in [5.41, 5.74) is 3.26. The molecule has 2 atom stereocenters. The number of amides is 2. The van der Waals surface area contributed by atoms with Gasteiger partial charge in [0.1, 0.15) is 12.6 Å². The number of sulfonamides is 1. The molecular formula is C28H41N3O4S. The van der Waals surface area contributed by atoms with Crippen molar-refractivity contribution in [2.75, 3.05) is 17.1 Å². The maximum Gasteiger partial charge on any atom is 0.244 e. The third-order valence-electron chi connectivity index (χ3n) is 6.47. The fraction of sp³-hybridized carbons (Fsp3) is 0.500. The minimum atomic E-state index is -3.76. The van der Waals surface area contributed by atoms with Crippen LogP contribution in [0.25, 0.3) is 0 Å². The van der Waals surface area contributed by atoms with Crippen LogP contribution in [0.2, 0.25) is 0 Å². The number of carbonyl (C=O) groups is 2. The van der Waals surface area contributed by atoms with Crippen LogP contribution >= 0.6 is 0 Å². The summed E-state index contributed by atoms with van der Waals surface area (Å²) in [6.07, 6.45) is 1.85. The third-order valence-corrected chi connectivity index (χ3v) is 7.61. The predicted octanol–water partition coefficient (Wildman–Crippen LogP) is 4.39. The fourth-order valence-corrected chi connectivity index (χ4v) is 4.61. The average molecular weight is 516 g/mol. The molecule has 0 fully saturated rings. The Morgan fingerprint density at radius 2 is 1.58 bits per heavy atom. The van der Waals surface area contributed by atoms with Gasteiger partial charge in [-0.2, -0.15) is 0 Å². The Kier molecular flexibility index (Phi) is 9.71. The maximum atomic E-state index is 13.7. The second kappa shape index (κ2) is 11.9. The first-order valence-corrected chi connectivity index (χ1v) is 14.2. The van der Waals surface area contributed by atoms with Crippen molar-refractivity contribution < 1.29 is 18.0 Å². The van der Waals surface area contributed by atoms with Crippen molar-refractivity contribution in [3.63, 3.8) is 0 Å². The molecule has 2 aromatic rings. The van der Waals surface area contributed by atoms with E-state index in [4.69, 9.17) is 0 Å². The number of rotatable bonds is 10. The molecule has 0 saturated heterocycles. The summed E-state index contributed by atoms with van der Waals surface area (Å²) in [7, 11) is -3.76. The van der Waals surface area contributed by atoms with Crippen molar-refractivity contribution in [2.45, 2.75) is 78.9 Å². The molecule has 8 heteroatoms. The van der Waals surface area contributed by atoms with Crippen molar-refractivity contribution in [2.24, 2.45) is 0 Å². The second-order valence-electron chi connectivity index (χ2n) is 10.5. The normalized spacial score (nSPS) is 13.6. The molecule has 2 unspecified atom stereocenters. The number of carbonyl (C=O) groups excluding carboxylic acids is 2. The van der Waals surface area contributed by atoms with Gasteiger partial charge in [-0.15, -0.1) is 0 Å². The van der Waals surface area contributed by atoms with Crippen LogP contribution in [0.3, 0.4) is 0 Å². The van der Waals surface area contributed by atoms with Gasteiger partial charge in [-0.1, -0.05) is 64.1 Å². The van der Waals surface area contributed by atoms with Gasteiger partial charge >= 0.3 is 0 Å². The van der Waals surface area contributed by atoms with E-state index in [1.807, 2.05) is 57.2 Å². The van der Waals surface area contributed by atoms with E-state index in [9.17, 15) is 18.0 Å². The lowest BCUT2D eigenvalue weighted by molar-refractivity contribution is -0.139. The molecule has 0 aliphatic rings. The summed E-state index contributed by atoms with van der Waals surface area (Å²) in [4.78, 5) is 28.1. The minimum absolute atomic E-state index is 0.0378. The Hall–Kier alpha value is -2.87. The van der Waals surface area contributed by atoms with Crippen LogP contribution in [0.1, 0.15) is 64.7 Å². The lowest BCUT2D eigenvalue weighted by Crippen LogP contribution is -2.52. The monoisotopic (exact) mass is 515 g/mol. The Balaban J connectivity index is 2.41. The highest BCUT2D eigenvalue weighted by molar-refractivity contribution is 7.92. The summed E-state index contributed by atoms with van der Waals surface area (Å²) in [6, 6.07) is 14.0. The number of nitrogens with one attached hydrogen (secondary N) is 1. The Morgan fingerprint density at radius 3 is 2.08 bits per heavy atom. The smallest absolute Gasteiger partial charge is 0.244 e. The Morgan fingerprint density at radius 1 is 1.00 bits per heavy atom. The van der Waals surface area contributed by atoms with Gasteiger partial charge in [0.25, 0.3) is 0 Å². The molecule has 36 heavy (non-hydrogen) atoms. The van der Waals surface area contributed by atoms with E-state index < -0.39 is 28.5 Å². The minimum Gasteiger partial charge on any atom is -0.352 e. The second-order valence-corrected chi connectivity index (χ2v) is 12.4. The van der Waals surface area contributed by atoms with Gasteiger partial charge in [-0.3, -0.25) is 13.9 Å². The molecule has 1 N–H and O–H groups in total. The van der Waals surface area contributed by atoms with Crippen molar-refractivity contribution in [1.29, 1.82) is 0 Å². The highest BCUT2D eigenvalue weighted by Gasteiger charge is 2.30. The lowest BCUT2D eigenvalue weighted by atomic mass is 9.87. The van der Waals surface area contributed by atoms with Gasteiger partial charge in [-0.25, -0.2) is 8.42 Å². The number of aryl methyl sites for hydroxylation is 1. The van der Waals surface area contributed by atoms with E-state index in [0.29, 0.717) is 5.69 Å². The van der Waals surface area contributed by atoms with Gasteiger partial charge in [-0.05, 0) is 61.4 Å². The largest absolute Gasteiger partial charge is 0.352 e. The molecule has 0 saturated carbocycles. The van der Waals surface area contributed by atoms with Gasteiger partial charge in [0, 0.05) is 12.6 Å². The lowest BCUT2D eigenvalue weighted by Gasteiger charge is -2.32. The molecule has 2 amide bonds. The van der Waals surface area contributed by atoms with E-state index in [1.54, 1.807) is 19.1 Å². The summed E-state index contributed by atoms with van der Waals surface area (Å²) >= 11 is 0. The van der Waals surface area contributed by atoms with Gasteiger partial charge in [0.05, 0.1) is 11.9 Å². The summed E-state index contributed by atoms with van der Waals surface area (Å²) < 4.78 is 26.6. The Bertz CT molecular complexity index is 1150. The third kappa shape index (κ3) is 7.82. The summed E-state index contributed by atoms with van der Waals surface area (Å²) in [6.45, 7) is 13.5. The van der Waals surface area contributed by atoms with Gasteiger partial charge in [0.15, 0.2) is 0 Å². The molecule has 2 aromatic carbocycles. The number of hydrogen-bond acceptors (Lipinski definition) is 4. The quantitative estimate of drug-likeness (QED) is 0.508. The zero-order valence-corrected chi connectivity index (χ0v) is 23.6. The van der Waals surface area contributed by atoms with E-state index in [-0.39, 0.29) is 23.9 Å². The van der Waals surface area contributed by atoms with E-state index in [0.717, 1.165) is 33.7 Å². The first-order valence-electron chi connectivity index (χ1n) is 12.4. The molecule has 0 heterocycles. The number of nitrogens with zero attached hydrogens (tertiary/aromatic N) is 2. The van der Waals surface area contributed by atoms with Gasteiger partial charge < -0.3 is 10.2 Å².